The molecule has 39 heavy (non-hydrogen) atoms. The lowest BCUT2D eigenvalue weighted by atomic mass is 9.90. The molecule has 0 radical (unpaired) electrons. The summed E-state index contributed by atoms with van der Waals surface area (Å²) in [6.07, 6.45) is 6.11. The Morgan fingerprint density at radius 3 is 2.69 bits per heavy atom. The van der Waals surface area contributed by atoms with Crippen LogP contribution >= 0.6 is 0 Å². The van der Waals surface area contributed by atoms with Crippen LogP contribution in [0.4, 0.5) is 21.7 Å². The number of aromatic nitrogens is 4. The van der Waals surface area contributed by atoms with Crippen molar-refractivity contribution in [3.8, 4) is 0 Å². The maximum Gasteiger partial charge on any atom is 0.278 e. The highest BCUT2D eigenvalue weighted by atomic mass is 19.1. The summed E-state index contributed by atoms with van der Waals surface area (Å²) in [7, 11) is 2.14. The molecule has 1 saturated heterocycles. The monoisotopic (exact) mass is 531 g/mol. The van der Waals surface area contributed by atoms with E-state index < -0.39 is 11.6 Å². The molecule has 0 amide bonds. The quantitative estimate of drug-likeness (QED) is 0.466. The minimum Gasteiger partial charge on any atom is -0.385 e. The third-order valence-corrected chi connectivity index (χ3v) is 8.16. The molecule has 3 heterocycles. The van der Waals surface area contributed by atoms with Gasteiger partial charge in [0.25, 0.3) is 5.56 Å². The van der Waals surface area contributed by atoms with E-state index >= 15 is 4.39 Å². The van der Waals surface area contributed by atoms with Gasteiger partial charge in [0.05, 0.1) is 18.2 Å². The number of rotatable bonds is 6. The summed E-state index contributed by atoms with van der Waals surface area (Å²) in [5.41, 5.74) is 2.22. The van der Waals surface area contributed by atoms with Crippen LogP contribution in [0.5, 0.6) is 0 Å². The summed E-state index contributed by atoms with van der Waals surface area (Å²) in [5.74, 6) is 0.0925. The van der Waals surface area contributed by atoms with Crippen molar-refractivity contribution >= 4 is 28.4 Å². The van der Waals surface area contributed by atoms with Gasteiger partial charge in [0.15, 0.2) is 5.65 Å². The topological polar surface area (TPSA) is 91.5 Å². The van der Waals surface area contributed by atoms with Crippen LogP contribution in [0.2, 0.25) is 0 Å². The number of halogens is 1. The minimum absolute atomic E-state index is 0.0930. The van der Waals surface area contributed by atoms with E-state index in [-0.39, 0.29) is 24.4 Å². The van der Waals surface area contributed by atoms with E-state index in [1.54, 1.807) is 17.7 Å². The fourth-order valence-corrected chi connectivity index (χ4v) is 5.93. The van der Waals surface area contributed by atoms with E-state index in [1.807, 2.05) is 18.2 Å². The first-order valence-corrected chi connectivity index (χ1v) is 13.5. The normalized spacial score (nSPS) is 23.7. The van der Waals surface area contributed by atoms with E-state index in [2.05, 4.69) is 45.9 Å². The van der Waals surface area contributed by atoms with Crippen molar-refractivity contribution in [2.24, 2.45) is 0 Å². The largest absolute Gasteiger partial charge is 0.385 e. The fraction of sp³-hybridized carbons (Fsp3) is 0.414. The maximum atomic E-state index is 15.3. The first-order chi connectivity index (χ1) is 18.7. The van der Waals surface area contributed by atoms with Crippen molar-refractivity contribution < 1.29 is 9.50 Å². The molecular weight excluding hydrogens is 497 g/mol. The van der Waals surface area contributed by atoms with Gasteiger partial charge in [-0.25, -0.2) is 14.1 Å². The third-order valence-electron chi connectivity index (χ3n) is 8.16. The highest BCUT2D eigenvalue weighted by Gasteiger charge is 2.40. The molecule has 2 aromatic heterocycles. The molecule has 6 rings (SSSR count). The lowest BCUT2D eigenvalue weighted by Gasteiger charge is -2.34. The average Bonchev–Trinajstić information content (AvgIpc) is 3.38. The number of likely N-dealkylation sites (N-methyl/N-ethyl adjacent to an activating group) is 1. The van der Waals surface area contributed by atoms with Crippen molar-refractivity contribution in [2.75, 3.05) is 43.4 Å². The number of nitrogens with one attached hydrogen (secondary N) is 1. The molecule has 2 atom stereocenters. The van der Waals surface area contributed by atoms with E-state index in [9.17, 15) is 9.90 Å². The zero-order chi connectivity index (χ0) is 27.3. The Morgan fingerprint density at radius 1 is 1.23 bits per heavy atom. The molecule has 204 valence electrons. The Hall–Kier alpha value is -3.76. The summed E-state index contributed by atoms with van der Waals surface area (Å²) in [6.45, 7) is 9.81. The SMILES string of the molecule is C=CCn1c(=O)c2cnc(Nc3ccc(N4CCN(C)CC4)cc3)nc2n1C1C=C2C(=C(F)C1)CCC2(C)O. The number of nitrogens with zero attached hydrogens (tertiary/aromatic N) is 6. The number of hydrogen-bond acceptors (Lipinski definition) is 7. The first-order valence-electron chi connectivity index (χ1n) is 13.5. The molecule has 9 nitrogen and oxygen atoms in total. The van der Waals surface area contributed by atoms with Gasteiger partial charge in [-0.2, -0.15) is 4.98 Å². The molecule has 0 bridgehead atoms. The first kappa shape index (κ1) is 25.5. The molecule has 0 spiro atoms. The molecule has 1 aromatic carbocycles. The number of hydrogen-bond donors (Lipinski definition) is 2. The highest BCUT2D eigenvalue weighted by Crippen LogP contribution is 2.47. The van der Waals surface area contributed by atoms with Gasteiger partial charge in [-0.15, -0.1) is 6.58 Å². The van der Waals surface area contributed by atoms with Crippen LogP contribution in [-0.4, -0.2) is 68.2 Å². The van der Waals surface area contributed by atoms with Gasteiger partial charge in [0.1, 0.15) is 11.2 Å². The molecule has 3 aromatic rings. The summed E-state index contributed by atoms with van der Waals surface area (Å²) in [4.78, 5) is 27.1. The van der Waals surface area contributed by atoms with Crippen LogP contribution in [0.3, 0.4) is 0 Å². The molecular formula is C29H34FN7O2. The summed E-state index contributed by atoms with van der Waals surface area (Å²) in [5, 5.41) is 14.5. The lowest BCUT2D eigenvalue weighted by Crippen LogP contribution is -2.44. The molecule has 2 N–H and O–H groups in total. The number of anilines is 3. The Kier molecular flexibility index (Phi) is 6.39. The van der Waals surface area contributed by atoms with Gasteiger partial charge in [0.2, 0.25) is 5.95 Å². The second kappa shape index (κ2) is 9.77. The van der Waals surface area contributed by atoms with Crippen molar-refractivity contribution in [1.29, 1.82) is 0 Å². The Labute approximate surface area is 226 Å². The zero-order valence-corrected chi connectivity index (χ0v) is 22.4. The van der Waals surface area contributed by atoms with E-state index in [1.165, 1.54) is 16.6 Å². The molecule has 2 unspecified atom stereocenters. The Bertz CT molecular complexity index is 1540. The van der Waals surface area contributed by atoms with Gasteiger partial charge in [-0.1, -0.05) is 12.2 Å². The van der Waals surface area contributed by atoms with Gasteiger partial charge in [-0.05, 0) is 62.2 Å². The van der Waals surface area contributed by atoms with Crippen LogP contribution in [0, 0.1) is 0 Å². The number of aliphatic hydroxyl groups is 1. The highest BCUT2D eigenvalue weighted by molar-refractivity contribution is 5.76. The molecule has 1 aliphatic heterocycles. The van der Waals surface area contributed by atoms with E-state index in [0.717, 1.165) is 31.9 Å². The van der Waals surface area contributed by atoms with Crippen LogP contribution in [0.25, 0.3) is 11.0 Å². The number of piperazine rings is 1. The standard InChI is InChI=1S/C29H34FN7O2/c1-4-11-36-27(38)23-18-31-28(32-19-5-7-20(8-6-19)35-14-12-34(3)13-15-35)33-26(23)37(36)21-16-24-22(25(30)17-21)9-10-29(24,2)39/h4-8,16,18,21,39H,1,9-15,17H2,2-3H3,(H,31,32,33). The Morgan fingerprint density at radius 2 is 1.97 bits per heavy atom. The third kappa shape index (κ3) is 4.57. The van der Waals surface area contributed by atoms with E-state index in [0.29, 0.717) is 41.0 Å². The van der Waals surface area contributed by atoms with Crippen molar-refractivity contribution in [3.05, 3.63) is 76.5 Å². The van der Waals surface area contributed by atoms with Gasteiger partial charge >= 0.3 is 0 Å². The van der Waals surface area contributed by atoms with Crippen LogP contribution in [0.1, 0.15) is 32.2 Å². The van der Waals surface area contributed by atoms with Crippen LogP contribution < -0.4 is 15.8 Å². The van der Waals surface area contributed by atoms with Gasteiger partial charge < -0.3 is 20.2 Å². The molecule has 3 aliphatic rings. The van der Waals surface area contributed by atoms with Gasteiger partial charge in [0, 0.05) is 50.2 Å². The minimum atomic E-state index is -1.10. The van der Waals surface area contributed by atoms with Gasteiger partial charge in [-0.3, -0.25) is 9.48 Å². The van der Waals surface area contributed by atoms with Crippen molar-refractivity contribution in [3.63, 3.8) is 0 Å². The predicted octanol–water partition coefficient (Wildman–Crippen LogP) is 3.91. The van der Waals surface area contributed by atoms with Crippen molar-refractivity contribution in [2.45, 2.75) is 44.4 Å². The average molecular weight is 532 g/mol. The second-order valence-electron chi connectivity index (χ2n) is 10.9. The molecule has 1 saturated carbocycles. The van der Waals surface area contributed by atoms with Crippen LogP contribution in [-0.2, 0) is 6.54 Å². The number of allylic oxidation sites excluding steroid dienone is 3. The van der Waals surface area contributed by atoms with E-state index in [4.69, 9.17) is 4.98 Å². The second-order valence-corrected chi connectivity index (χ2v) is 10.9. The van der Waals surface area contributed by atoms with Crippen LogP contribution in [0.15, 0.2) is 71.0 Å². The summed E-state index contributed by atoms with van der Waals surface area (Å²) >= 11 is 0. The molecule has 10 heteroatoms. The summed E-state index contributed by atoms with van der Waals surface area (Å²) in [6, 6.07) is 7.62. The molecule has 2 aliphatic carbocycles. The summed E-state index contributed by atoms with van der Waals surface area (Å²) < 4.78 is 18.5. The predicted molar refractivity (Wildman–Crippen MR) is 151 cm³/mol. The molecule has 2 fully saturated rings. The number of fused-ring (bicyclic) bond motifs is 2. The fourth-order valence-electron chi connectivity index (χ4n) is 5.93. The van der Waals surface area contributed by atoms with Crippen molar-refractivity contribution in [1.82, 2.24) is 24.2 Å². The maximum absolute atomic E-state index is 15.3. The number of benzene rings is 1. The Balaban J connectivity index is 1.34. The zero-order valence-electron chi connectivity index (χ0n) is 22.4. The lowest BCUT2D eigenvalue weighted by molar-refractivity contribution is 0.105. The smallest absolute Gasteiger partial charge is 0.278 e.